The number of ketones is 1. The van der Waals surface area contributed by atoms with E-state index in [1.807, 2.05) is 6.07 Å². The standard InChI is InChI=1S/C24H25FN2O4/c25-20-5-2-1-4-17(20)14-22-23(28)18-6-7-21-19(24(18)31-22)15-27(16-30-21)9-3-8-26-10-12-29-13-11-26/h1-2,4-7,14H,3,8-13,15-16H2/b22-14-. The van der Waals surface area contributed by atoms with Crippen molar-refractivity contribution in [2.24, 2.45) is 0 Å². The molecule has 0 amide bonds. The van der Waals surface area contributed by atoms with Crippen molar-refractivity contribution in [1.29, 1.82) is 0 Å². The number of fused-ring (bicyclic) bond motifs is 3. The first-order valence-electron chi connectivity index (χ1n) is 10.7. The minimum absolute atomic E-state index is 0.137. The third kappa shape index (κ3) is 4.21. The average Bonchev–Trinajstić information content (AvgIpc) is 3.12. The zero-order chi connectivity index (χ0) is 21.2. The highest BCUT2D eigenvalue weighted by Crippen LogP contribution is 2.42. The van der Waals surface area contributed by atoms with Crippen LogP contribution in [0.15, 0.2) is 42.2 Å². The Morgan fingerprint density at radius 1 is 1.03 bits per heavy atom. The number of carbonyl (C=O) groups excluding carboxylic acids is 1. The van der Waals surface area contributed by atoms with Crippen LogP contribution in [0, 0.1) is 5.82 Å². The van der Waals surface area contributed by atoms with Gasteiger partial charge in [-0.05, 0) is 37.2 Å². The quantitative estimate of drug-likeness (QED) is 0.687. The predicted molar refractivity (Wildman–Crippen MR) is 114 cm³/mol. The first-order valence-corrected chi connectivity index (χ1v) is 10.7. The van der Waals surface area contributed by atoms with Crippen LogP contribution in [0.5, 0.6) is 11.5 Å². The van der Waals surface area contributed by atoms with Crippen molar-refractivity contribution < 1.29 is 23.4 Å². The molecule has 3 aliphatic rings. The third-order valence-corrected chi connectivity index (χ3v) is 5.93. The van der Waals surface area contributed by atoms with E-state index in [4.69, 9.17) is 14.2 Å². The zero-order valence-corrected chi connectivity index (χ0v) is 17.3. The molecule has 2 aromatic rings. The van der Waals surface area contributed by atoms with Gasteiger partial charge in [-0.3, -0.25) is 14.6 Å². The molecule has 0 N–H and O–H groups in total. The minimum Gasteiger partial charge on any atom is -0.478 e. The molecule has 1 saturated heterocycles. The summed E-state index contributed by atoms with van der Waals surface area (Å²) in [5.41, 5.74) is 1.70. The first-order chi connectivity index (χ1) is 15.2. The Labute approximate surface area is 180 Å². The molecule has 5 rings (SSSR count). The second-order valence-corrected chi connectivity index (χ2v) is 8.01. The van der Waals surface area contributed by atoms with Gasteiger partial charge in [0.25, 0.3) is 0 Å². The van der Waals surface area contributed by atoms with Crippen LogP contribution in [-0.4, -0.2) is 61.7 Å². The van der Waals surface area contributed by atoms with Crippen LogP contribution in [0.25, 0.3) is 6.08 Å². The van der Waals surface area contributed by atoms with Crippen LogP contribution in [-0.2, 0) is 11.3 Å². The van der Waals surface area contributed by atoms with Crippen molar-refractivity contribution in [2.75, 3.05) is 46.1 Å². The van der Waals surface area contributed by atoms with E-state index in [1.54, 1.807) is 24.3 Å². The summed E-state index contributed by atoms with van der Waals surface area (Å²) in [6.07, 6.45) is 2.50. The number of benzene rings is 2. The Kier molecular flexibility index (Phi) is 5.72. The van der Waals surface area contributed by atoms with Gasteiger partial charge in [0.15, 0.2) is 5.76 Å². The highest BCUT2D eigenvalue weighted by Gasteiger charge is 2.33. The first kappa shape index (κ1) is 20.2. The number of hydrogen-bond acceptors (Lipinski definition) is 6. The van der Waals surface area contributed by atoms with E-state index in [9.17, 15) is 9.18 Å². The molecule has 3 aliphatic heterocycles. The maximum absolute atomic E-state index is 14.0. The van der Waals surface area contributed by atoms with Crippen molar-refractivity contribution in [1.82, 2.24) is 9.80 Å². The van der Waals surface area contributed by atoms with E-state index in [1.165, 1.54) is 12.1 Å². The molecule has 0 bridgehead atoms. The van der Waals surface area contributed by atoms with Gasteiger partial charge < -0.3 is 14.2 Å². The SMILES string of the molecule is O=C1/C(=C/c2ccccc2F)Oc2c1ccc1c2CN(CCCN2CCOCC2)CO1. The maximum Gasteiger partial charge on any atom is 0.231 e. The van der Waals surface area contributed by atoms with Gasteiger partial charge in [0.05, 0.1) is 24.3 Å². The van der Waals surface area contributed by atoms with Gasteiger partial charge >= 0.3 is 0 Å². The summed E-state index contributed by atoms with van der Waals surface area (Å²) in [6.45, 7) is 6.68. The summed E-state index contributed by atoms with van der Waals surface area (Å²) in [5.74, 6) is 0.786. The van der Waals surface area contributed by atoms with Crippen LogP contribution < -0.4 is 9.47 Å². The summed E-state index contributed by atoms with van der Waals surface area (Å²) in [4.78, 5) is 17.5. The van der Waals surface area contributed by atoms with Gasteiger partial charge in [-0.1, -0.05) is 18.2 Å². The summed E-state index contributed by atoms with van der Waals surface area (Å²) in [6, 6.07) is 9.89. The van der Waals surface area contributed by atoms with Crippen molar-refractivity contribution in [3.63, 3.8) is 0 Å². The number of nitrogens with zero attached hydrogens (tertiary/aromatic N) is 2. The van der Waals surface area contributed by atoms with Gasteiger partial charge in [-0.15, -0.1) is 0 Å². The molecule has 0 atom stereocenters. The summed E-state index contributed by atoms with van der Waals surface area (Å²) in [7, 11) is 0. The normalized spacial score (nSPS) is 20.3. The molecular formula is C24H25FN2O4. The average molecular weight is 424 g/mol. The summed E-state index contributed by atoms with van der Waals surface area (Å²) in [5, 5.41) is 0. The van der Waals surface area contributed by atoms with Gasteiger partial charge in [-0.25, -0.2) is 4.39 Å². The Balaban J connectivity index is 1.29. The molecule has 2 aromatic carbocycles. The molecule has 0 spiro atoms. The van der Waals surface area contributed by atoms with Crippen LogP contribution >= 0.6 is 0 Å². The van der Waals surface area contributed by atoms with Gasteiger partial charge in [0.2, 0.25) is 5.78 Å². The van der Waals surface area contributed by atoms with Crippen LogP contribution in [0.3, 0.4) is 0 Å². The Bertz CT molecular complexity index is 1020. The number of Topliss-reactive ketones (excluding diaryl/α,β-unsaturated/α-hetero) is 1. The molecule has 162 valence electrons. The summed E-state index contributed by atoms with van der Waals surface area (Å²) >= 11 is 0. The number of carbonyl (C=O) groups is 1. The molecule has 0 aromatic heterocycles. The predicted octanol–water partition coefficient (Wildman–Crippen LogP) is 3.32. The monoisotopic (exact) mass is 424 g/mol. The molecule has 7 heteroatoms. The fraction of sp³-hybridized carbons (Fsp3) is 0.375. The van der Waals surface area contributed by atoms with Gasteiger partial charge in [0, 0.05) is 31.7 Å². The second kappa shape index (κ2) is 8.78. The molecular weight excluding hydrogens is 399 g/mol. The van der Waals surface area contributed by atoms with Crippen LogP contribution in [0.1, 0.15) is 27.9 Å². The molecule has 0 radical (unpaired) electrons. The van der Waals surface area contributed by atoms with E-state index in [0.717, 1.165) is 57.1 Å². The third-order valence-electron chi connectivity index (χ3n) is 5.93. The second-order valence-electron chi connectivity index (χ2n) is 8.01. The Morgan fingerprint density at radius 2 is 1.84 bits per heavy atom. The van der Waals surface area contributed by atoms with Crippen molar-refractivity contribution in [3.05, 3.63) is 64.7 Å². The lowest BCUT2D eigenvalue weighted by Gasteiger charge is -2.31. The number of ether oxygens (including phenoxy) is 3. The van der Waals surface area contributed by atoms with Crippen LogP contribution in [0.2, 0.25) is 0 Å². The molecule has 1 fully saturated rings. The fourth-order valence-corrected chi connectivity index (χ4v) is 4.22. The topological polar surface area (TPSA) is 51.2 Å². The minimum atomic E-state index is -0.390. The van der Waals surface area contributed by atoms with E-state index in [0.29, 0.717) is 30.2 Å². The number of halogens is 1. The van der Waals surface area contributed by atoms with Crippen molar-refractivity contribution >= 4 is 11.9 Å². The molecule has 31 heavy (non-hydrogen) atoms. The van der Waals surface area contributed by atoms with E-state index in [-0.39, 0.29) is 17.4 Å². The van der Waals surface area contributed by atoms with E-state index < -0.39 is 0 Å². The lowest BCUT2D eigenvalue weighted by Crippen LogP contribution is -2.39. The molecule has 0 unspecified atom stereocenters. The smallest absolute Gasteiger partial charge is 0.231 e. The highest BCUT2D eigenvalue weighted by atomic mass is 19.1. The molecule has 0 aliphatic carbocycles. The van der Waals surface area contributed by atoms with E-state index >= 15 is 0 Å². The number of hydrogen-bond donors (Lipinski definition) is 0. The largest absolute Gasteiger partial charge is 0.478 e. The van der Waals surface area contributed by atoms with Crippen molar-refractivity contribution in [3.8, 4) is 11.5 Å². The van der Waals surface area contributed by atoms with Gasteiger partial charge in [-0.2, -0.15) is 0 Å². The number of morpholine rings is 1. The number of allylic oxidation sites excluding steroid dienone is 1. The highest BCUT2D eigenvalue weighted by molar-refractivity contribution is 6.15. The molecule has 3 heterocycles. The lowest BCUT2D eigenvalue weighted by molar-refractivity contribution is 0.0329. The van der Waals surface area contributed by atoms with Gasteiger partial charge in [0.1, 0.15) is 24.0 Å². The fourth-order valence-electron chi connectivity index (χ4n) is 4.22. The van der Waals surface area contributed by atoms with E-state index in [2.05, 4.69) is 9.80 Å². The molecule has 6 nitrogen and oxygen atoms in total. The zero-order valence-electron chi connectivity index (χ0n) is 17.3. The maximum atomic E-state index is 14.0. The Morgan fingerprint density at radius 3 is 2.68 bits per heavy atom. The summed E-state index contributed by atoms with van der Waals surface area (Å²) < 4.78 is 31.3. The van der Waals surface area contributed by atoms with Crippen LogP contribution in [0.4, 0.5) is 4.39 Å². The Hall–Kier alpha value is -2.74. The lowest BCUT2D eigenvalue weighted by atomic mass is 10.0. The van der Waals surface area contributed by atoms with Crippen molar-refractivity contribution in [2.45, 2.75) is 13.0 Å². The molecule has 0 saturated carbocycles. The number of rotatable bonds is 5.